The summed E-state index contributed by atoms with van der Waals surface area (Å²) in [5, 5.41) is 0. The van der Waals surface area contributed by atoms with Crippen LogP contribution in [0.1, 0.15) is 13.8 Å². The summed E-state index contributed by atoms with van der Waals surface area (Å²) < 4.78 is 26.3. The third kappa shape index (κ3) is 6.28. The monoisotopic (exact) mass is 181 g/mol. The van der Waals surface area contributed by atoms with E-state index in [0.29, 0.717) is 0 Å². The van der Waals surface area contributed by atoms with Gasteiger partial charge < -0.3 is 5.73 Å². The molecule has 0 unspecified atom stereocenters. The second kappa shape index (κ2) is 4.69. The van der Waals surface area contributed by atoms with Gasteiger partial charge in [-0.15, -0.1) is 0 Å². The molecular weight excluding hydrogens is 166 g/mol. The van der Waals surface area contributed by atoms with Gasteiger partial charge in [-0.25, -0.2) is 0 Å². The number of hydrogen-bond donors (Lipinski definition) is 1. The molecule has 0 spiro atoms. The molecular formula is C6H15NO3S. The summed E-state index contributed by atoms with van der Waals surface area (Å²) >= 11 is 0. The van der Waals surface area contributed by atoms with Crippen LogP contribution in [0.15, 0.2) is 0 Å². The summed E-state index contributed by atoms with van der Waals surface area (Å²) in [6.07, 6.45) is 0. The van der Waals surface area contributed by atoms with Crippen LogP contribution in [0.2, 0.25) is 0 Å². The fourth-order valence-corrected chi connectivity index (χ4v) is 1.33. The third-order valence-corrected chi connectivity index (χ3v) is 2.18. The van der Waals surface area contributed by atoms with E-state index in [1.54, 1.807) is 0 Å². The molecule has 0 aliphatic heterocycles. The minimum absolute atomic E-state index is 0.0975. The van der Waals surface area contributed by atoms with Crippen LogP contribution in [0.25, 0.3) is 0 Å². The molecule has 2 N–H and O–H groups in total. The van der Waals surface area contributed by atoms with Gasteiger partial charge in [-0.1, -0.05) is 13.8 Å². The molecule has 0 amide bonds. The van der Waals surface area contributed by atoms with Gasteiger partial charge in [0.2, 0.25) is 0 Å². The molecule has 0 bridgehead atoms. The van der Waals surface area contributed by atoms with Gasteiger partial charge >= 0.3 is 0 Å². The van der Waals surface area contributed by atoms with Gasteiger partial charge in [0.25, 0.3) is 10.1 Å². The topological polar surface area (TPSA) is 69.4 Å². The lowest BCUT2D eigenvalue weighted by Gasteiger charge is -2.05. The highest BCUT2D eigenvalue weighted by molar-refractivity contribution is 7.86. The largest absolute Gasteiger partial charge is 0.329 e. The van der Waals surface area contributed by atoms with Crippen LogP contribution in [0.3, 0.4) is 0 Å². The van der Waals surface area contributed by atoms with Crippen molar-refractivity contribution in [2.45, 2.75) is 13.8 Å². The Kier molecular flexibility index (Phi) is 4.63. The van der Waals surface area contributed by atoms with Crippen molar-refractivity contribution < 1.29 is 12.6 Å². The first kappa shape index (κ1) is 10.9. The van der Waals surface area contributed by atoms with E-state index in [2.05, 4.69) is 4.18 Å². The lowest BCUT2D eigenvalue weighted by atomic mass is 10.2. The van der Waals surface area contributed by atoms with Crippen molar-refractivity contribution in [2.24, 2.45) is 11.7 Å². The maximum absolute atomic E-state index is 10.8. The van der Waals surface area contributed by atoms with Gasteiger partial charge in [-0.2, -0.15) is 8.42 Å². The van der Waals surface area contributed by atoms with Crippen LogP contribution in [0.4, 0.5) is 0 Å². The molecule has 68 valence electrons. The summed E-state index contributed by atoms with van der Waals surface area (Å²) in [4.78, 5) is 0. The Morgan fingerprint density at radius 2 is 2.00 bits per heavy atom. The second-order valence-electron chi connectivity index (χ2n) is 2.73. The molecule has 0 aromatic heterocycles. The van der Waals surface area contributed by atoms with Crippen LogP contribution in [0, 0.1) is 5.92 Å². The SMILES string of the molecule is CC(C)COS(=O)(=O)CCN. The van der Waals surface area contributed by atoms with Gasteiger partial charge in [-0.05, 0) is 5.92 Å². The van der Waals surface area contributed by atoms with Crippen molar-refractivity contribution in [3.8, 4) is 0 Å². The molecule has 11 heavy (non-hydrogen) atoms. The lowest BCUT2D eigenvalue weighted by molar-refractivity contribution is 0.275. The van der Waals surface area contributed by atoms with Crippen molar-refractivity contribution in [3.63, 3.8) is 0 Å². The van der Waals surface area contributed by atoms with Crippen LogP contribution in [0.5, 0.6) is 0 Å². The van der Waals surface area contributed by atoms with Gasteiger partial charge in [0.05, 0.1) is 12.4 Å². The maximum atomic E-state index is 10.8. The average Bonchev–Trinajstić information content (AvgIpc) is 1.84. The number of nitrogens with two attached hydrogens (primary N) is 1. The predicted octanol–water partition coefficient (Wildman–Crippen LogP) is -0.0525. The van der Waals surface area contributed by atoms with Crippen LogP contribution < -0.4 is 5.73 Å². The van der Waals surface area contributed by atoms with Crippen molar-refractivity contribution in [1.29, 1.82) is 0 Å². The van der Waals surface area contributed by atoms with E-state index >= 15 is 0 Å². The van der Waals surface area contributed by atoms with E-state index in [-0.39, 0.29) is 24.8 Å². The molecule has 0 rings (SSSR count). The Hall–Kier alpha value is -0.130. The predicted molar refractivity (Wildman–Crippen MR) is 43.6 cm³/mol. The van der Waals surface area contributed by atoms with Crippen LogP contribution in [-0.2, 0) is 14.3 Å². The molecule has 0 atom stereocenters. The standard InChI is InChI=1S/C6H15NO3S/c1-6(2)5-10-11(8,9)4-3-7/h6H,3-5,7H2,1-2H3. The molecule has 0 aliphatic carbocycles. The van der Waals surface area contributed by atoms with Crippen LogP contribution in [-0.4, -0.2) is 27.3 Å². The van der Waals surface area contributed by atoms with Gasteiger partial charge in [0.1, 0.15) is 0 Å². The van der Waals surface area contributed by atoms with Crippen molar-refractivity contribution in [1.82, 2.24) is 0 Å². The first-order valence-corrected chi connectivity index (χ1v) is 5.13. The van der Waals surface area contributed by atoms with Crippen LogP contribution >= 0.6 is 0 Å². The molecule has 0 fully saturated rings. The molecule has 0 aromatic rings. The van der Waals surface area contributed by atoms with E-state index in [4.69, 9.17) is 5.73 Å². The zero-order chi connectivity index (χ0) is 8.91. The Bertz CT molecular complexity index is 186. The highest BCUT2D eigenvalue weighted by Crippen LogP contribution is 1.98. The van der Waals surface area contributed by atoms with E-state index in [0.717, 1.165) is 0 Å². The summed E-state index contributed by atoms with van der Waals surface area (Å²) in [7, 11) is -3.35. The van der Waals surface area contributed by atoms with Gasteiger partial charge in [-0.3, -0.25) is 4.18 Å². The Labute approximate surface area is 67.9 Å². The van der Waals surface area contributed by atoms with Gasteiger partial charge in [0.15, 0.2) is 0 Å². The zero-order valence-electron chi connectivity index (χ0n) is 6.91. The fraction of sp³-hybridized carbons (Fsp3) is 1.00. The molecule has 0 aromatic carbocycles. The third-order valence-electron chi connectivity index (χ3n) is 0.949. The van der Waals surface area contributed by atoms with Crippen molar-refractivity contribution in [3.05, 3.63) is 0 Å². The zero-order valence-corrected chi connectivity index (χ0v) is 7.73. The summed E-state index contributed by atoms with van der Waals surface area (Å²) in [5.74, 6) is 0.127. The Balaban J connectivity index is 3.74. The molecule has 0 saturated heterocycles. The quantitative estimate of drug-likeness (QED) is 0.604. The Morgan fingerprint density at radius 1 is 1.45 bits per heavy atom. The first-order valence-electron chi connectivity index (χ1n) is 3.55. The highest BCUT2D eigenvalue weighted by atomic mass is 32.2. The first-order chi connectivity index (χ1) is 4.98. The van der Waals surface area contributed by atoms with Crippen molar-refractivity contribution in [2.75, 3.05) is 18.9 Å². The summed E-state index contributed by atoms with van der Waals surface area (Å²) in [5.41, 5.74) is 5.06. The van der Waals surface area contributed by atoms with E-state index in [1.165, 1.54) is 0 Å². The molecule has 0 saturated carbocycles. The summed E-state index contributed by atoms with van der Waals surface area (Å²) in [6.45, 7) is 4.12. The number of rotatable bonds is 5. The number of hydrogen-bond acceptors (Lipinski definition) is 4. The molecule has 0 heterocycles. The minimum atomic E-state index is -3.35. The van der Waals surface area contributed by atoms with E-state index < -0.39 is 10.1 Å². The van der Waals surface area contributed by atoms with Crippen molar-refractivity contribution >= 4 is 10.1 Å². The second-order valence-corrected chi connectivity index (χ2v) is 4.49. The molecule has 4 nitrogen and oxygen atoms in total. The van der Waals surface area contributed by atoms with E-state index in [9.17, 15) is 8.42 Å². The lowest BCUT2D eigenvalue weighted by Crippen LogP contribution is -2.19. The minimum Gasteiger partial charge on any atom is -0.329 e. The Morgan fingerprint density at radius 3 is 2.36 bits per heavy atom. The smallest absolute Gasteiger partial charge is 0.268 e. The maximum Gasteiger partial charge on any atom is 0.268 e. The van der Waals surface area contributed by atoms with Gasteiger partial charge in [0, 0.05) is 6.54 Å². The molecule has 0 aliphatic rings. The van der Waals surface area contributed by atoms with E-state index in [1.807, 2.05) is 13.8 Å². The molecule has 0 radical (unpaired) electrons. The normalized spacial score (nSPS) is 12.4. The summed E-state index contributed by atoms with van der Waals surface area (Å²) in [6, 6.07) is 0. The fourth-order valence-electron chi connectivity index (χ4n) is 0.443. The highest BCUT2D eigenvalue weighted by Gasteiger charge is 2.09. The molecule has 5 heteroatoms. The average molecular weight is 181 g/mol.